The van der Waals surface area contributed by atoms with Gasteiger partial charge in [-0.15, -0.1) is 11.8 Å². The molecule has 4 aromatic carbocycles. The van der Waals surface area contributed by atoms with E-state index in [1.165, 1.54) is 0 Å². The van der Waals surface area contributed by atoms with Crippen molar-refractivity contribution in [2.24, 2.45) is 0 Å². The average Bonchev–Trinajstić information content (AvgIpc) is 3.62. The standard InChI is InChI=1S/C25H20N2O4S2.C8H8O2/c1-30-18-5-3-4-15(12-18)13-20-23(16-6-11-21-22(14-16)27-33-26-21)24(28)31-25(20,29)17-7-9-19(32-2)10-8-17;1-10-8-4-2-3-7(5-8)6-9/h3-12,14,29H,13H2,1-2H3;2-6H,1H3. The first-order chi connectivity index (χ1) is 20.9. The zero-order valence-electron chi connectivity index (χ0n) is 23.6. The third kappa shape index (κ3) is 6.46. The molecule has 0 saturated heterocycles. The second kappa shape index (κ2) is 13.2. The molecule has 2 heterocycles. The lowest BCUT2D eigenvalue weighted by atomic mass is 9.88. The average molecular weight is 613 g/mol. The third-order valence-electron chi connectivity index (χ3n) is 6.92. The molecule has 5 aromatic rings. The predicted octanol–water partition coefficient (Wildman–Crippen LogP) is 6.33. The number of carbonyl (C=O) groups excluding carboxylic acids is 2. The quantitative estimate of drug-likeness (QED) is 0.122. The number of carbonyl (C=O) groups is 2. The molecule has 1 N–H and O–H groups in total. The highest BCUT2D eigenvalue weighted by molar-refractivity contribution is 7.98. The van der Waals surface area contributed by atoms with Gasteiger partial charge in [-0.25, -0.2) is 4.79 Å². The van der Waals surface area contributed by atoms with Gasteiger partial charge >= 0.3 is 5.97 Å². The monoisotopic (exact) mass is 612 g/mol. The number of thioether (sulfide) groups is 1. The molecule has 0 amide bonds. The Bertz CT molecular complexity index is 1800. The molecule has 0 aliphatic carbocycles. The lowest BCUT2D eigenvalue weighted by Crippen LogP contribution is -2.29. The van der Waals surface area contributed by atoms with Gasteiger partial charge in [0.1, 0.15) is 28.8 Å². The van der Waals surface area contributed by atoms with Crippen LogP contribution in [0.3, 0.4) is 0 Å². The summed E-state index contributed by atoms with van der Waals surface area (Å²) in [6, 6.07) is 27.4. The summed E-state index contributed by atoms with van der Waals surface area (Å²) in [5, 5.41) is 11.8. The number of nitrogens with zero attached hydrogens (tertiary/aromatic N) is 2. The molecule has 0 radical (unpaired) electrons. The Morgan fingerprint density at radius 3 is 2.30 bits per heavy atom. The number of ether oxygens (including phenoxy) is 3. The number of hydrogen-bond donors (Lipinski definition) is 1. The van der Waals surface area contributed by atoms with Crippen molar-refractivity contribution in [3.63, 3.8) is 0 Å². The molecule has 0 spiro atoms. The summed E-state index contributed by atoms with van der Waals surface area (Å²) in [5.74, 6) is -1.05. The Labute approximate surface area is 257 Å². The summed E-state index contributed by atoms with van der Waals surface area (Å²) in [6.07, 6.45) is 3.07. The van der Waals surface area contributed by atoms with Crippen molar-refractivity contribution in [1.82, 2.24) is 8.75 Å². The number of cyclic esters (lactones) is 1. The molecule has 0 bridgehead atoms. The molecular weight excluding hydrogens is 585 g/mol. The minimum Gasteiger partial charge on any atom is -0.497 e. The molecule has 1 unspecified atom stereocenters. The van der Waals surface area contributed by atoms with Gasteiger partial charge in [0.2, 0.25) is 0 Å². The van der Waals surface area contributed by atoms with E-state index in [1.54, 1.807) is 62.4 Å². The van der Waals surface area contributed by atoms with Gasteiger partial charge in [0.25, 0.3) is 5.79 Å². The number of aldehydes is 1. The number of esters is 1. The second-order valence-corrected chi connectivity index (χ2v) is 10.9. The maximum absolute atomic E-state index is 13.2. The summed E-state index contributed by atoms with van der Waals surface area (Å²) in [7, 11) is 3.18. The van der Waals surface area contributed by atoms with Gasteiger partial charge in [-0.1, -0.05) is 42.5 Å². The normalized spacial score (nSPS) is 16.0. The predicted molar refractivity (Wildman–Crippen MR) is 168 cm³/mol. The van der Waals surface area contributed by atoms with Crippen LogP contribution in [0.4, 0.5) is 0 Å². The van der Waals surface area contributed by atoms with E-state index in [-0.39, 0.29) is 0 Å². The van der Waals surface area contributed by atoms with Gasteiger partial charge in [-0.05, 0) is 65.9 Å². The van der Waals surface area contributed by atoms with E-state index in [1.807, 2.05) is 60.9 Å². The van der Waals surface area contributed by atoms with Crippen LogP contribution in [0.15, 0.2) is 101 Å². The number of benzene rings is 4. The van der Waals surface area contributed by atoms with Gasteiger partial charge in [0, 0.05) is 28.0 Å². The van der Waals surface area contributed by atoms with Crippen LogP contribution in [0.5, 0.6) is 11.5 Å². The molecule has 6 rings (SSSR count). The number of hydrogen-bond acceptors (Lipinski definition) is 10. The lowest BCUT2D eigenvalue weighted by molar-refractivity contribution is -0.185. The van der Waals surface area contributed by atoms with Crippen LogP contribution in [0.2, 0.25) is 0 Å². The van der Waals surface area contributed by atoms with E-state index < -0.39 is 11.8 Å². The van der Waals surface area contributed by atoms with Gasteiger partial charge in [-0.3, -0.25) is 4.79 Å². The molecule has 0 saturated carbocycles. The highest BCUT2D eigenvalue weighted by Crippen LogP contribution is 2.45. The van der Waals surface area contributed by atoms with Crippen LogP contribution in [-0.4, -0.2) is 46.6 Å². The molecule has 43 heavy (non-hydrogen) atoms. The molecular formula is C33H28N2O6S2. The van der Waals surface area contributed by atoms with Crippen molar-refractivity contribution in [3.05, 3.63) is 119 Å². The summed E-state index contributed by atoms with van der Waals surface area (Å²) >= 11 is 2.71. The van der Waals surface area contributed by atoms with Gasteiger partial charge in [0.05, 0.1) is 31.5 Å². The molecule has 1 aliphatic rings. The number of methoxy groups -OCH3 is 2. The van der Waals surface area contributed by atoms with E-state index in [9.17, 15) is 14.7 Å². The summed E-state index contributed by atoms with van der Waals surface area (Å²) in [5.41, 5.74) is 4.92. The Hall–Kier alpha value is -4.51. The van der Waals surface area contributed by atoms with Crippen molar-refractivity contribution >= 4 is 52.4 Å². The van der Waals surface area contributed by atoms with Crippen LogP contribution < -0.4 is 9.47 Å². The number of aliphatic hydroxyl groups is 1. The fourth-order valence-corrected chi connectivity index (χ4v) is 5.65. The van der Waals surface area contributed by atoms with E-state index >= 15 is 0 Å². The first kappa shape index (κ1) is 30.0. The Morgan fingerprint density at radius 1 is 0.907 bits per heavy atom. The maximum Gasteiger partial charge on any atom is 0.342 e. The van der Waals surface area contributed by atoms with Crippen molar-refractivity contribution < 1.29 is 28.9 Å². The second-order valence-electron chi connectivity index (χ2n) is 9.51. The van der Waals surface area contributed by atoms with Crippen LogP contribution >= 0.6 is 23.5 Å². The number of aromatic nitrogens is 2. The minimum absolute atomic E-state index is 0.298. The lowest BCUT2D eigenvalue weighted by Gasteiger charge is -2.26. The van der Waals surface area contributed by atoms with E-state index in [0.29, 0.717) is 51.3 Å². The van der Waals surface area contributed by atoms with Crippen molar-refractivity contribution in [2.45, 2.75) is 17.1 Å². The molecule has 8 nitrogen and oxygen atoms in total. The Balaban J connectivity index is 0.000000314. The van der Waals surface area contributed by atoms with E-state index in [0.717, 1.165) is 34.0 Å². The van der Waals surface area contributed by atoms with Gasteiger partial charge in [0.15, 0.2) is 0 Å². The topological polar surface area (TPSA) is 108 Å². The van der Waals surface area contributed by atoms with Crippen LogP contribution in [0.25, 0.3) is 16.6 Å². The SMILES string of the molecule is COc1cccc(C=O)c1.COc1cccc(CC2=C(c3ccc4nsnc4c3)C(=O)OC2(O)c2ccc(SC)cc2)c1. The summed E-state index contributed by atoms with van der Waals surface area (Å²) in [4.78, 5) is 24.4. The smallest absolute Gasteiger partial charge is 0.342 e. The van der Waals surface area contributed by atoms with Gasteiger partial charge in [-0.2, -0.15) is 8.75 Å². The Morgan fingerprint density at radius 2 is 1.60 bits per heavy atom. The summed E-state index contributed by atoms with van der Waals surface area (Å²) < 4.78 is 24.5. The minimum atomic E-state index is -1.89. The van der Waals surface area contributed by atoms with E-state index in [4.69, 9.17) is 14.2 Å². The first-order valence-corrected chi connectivity index (χ1v) is 15.1. The largest absolute Gasteiger partial charge is 0.497 e. The molecule has 1 atom stereocenters. The fraction of sp³-hybridized carbons (Fsp3) is 0.152. The molecule has 1 aliphatic heterocycles. The van der Waals surface area contributed by atoms with Crippen molar-refractivity contribution in [2.75, 3.05) is 20.5 Å². The molecule has 0 fully saturated rings. The van der Waals surface area contributed by atoms with Crippen LogP contribution in [0.1, 0.15) is 27.0 Å². The highest BCUT2D eigenvalue weighted by atomic mass is 32.2. The zero-order chi connectivity index (χ0) is 30.4. The maximum atomic E-state index is 13.2. The van der Waals surface area contributed by atoms with Crippen LogP contribution in [0, 0.1) is 0 Å². The first-order valence-electron chi connectivity index (χ1n) is 13.2. The summed E-state index contributed by atoms with van der Waals surface area (Å²) in [6.45, 7) is 0. The molecule has 218 valence electrons. The fourth-order valence-electron chi connectivity index (χ4n) is 4.73. The number of fused-ring (bicyclic) bond motifs is 1. The van der Waals surface area contributed by atoms with E-state index in [2.05, 4.69) is 8.75 Å². The number of rotatable bonds is 8. The Kier molecular flexibility index (Phi) is 9.20. The third-order valence-corrected chi connectivity index (χ3v) is 8.22. The van der Waals surface area contributed by atoms with Crippen LogP contribution in [-0.2, 0) is 21.7 Å². The molecule has 1 aromatic heterocycles. The van der Waals surface area contributed by atoms with Gasteiger partial charge < -0.3 is 19.3 Å². The zero-order valence-corrected chi connectivity index (χ0v) is 25.3. The van der Waals surface area contributed by atoms with Crippen molar-refractivity contribution in [1.29, 1.82) is 0 Å². The molecule has 10 heteroatoms. The van der Waals surface area contributed by atoms with Crippen molar-refractivity contribution in [3.8, 4) is 11.5 Å². The highest BCUT2D eigenvalue weighted by Gasteiger charge is 2.48.